The zero-order valence-electron chi connectivity index (χ0n) is 15.0. The van der Waals surface area contributed by atoms with Crippen molar-refractivity contribution in [1.82, 2.24) is 5.32 Å². The summed E-state index contributed by atoms with van der Waals surface area (Å²) < 4.78 is 10.8. The summed E-state index contributed by atoms with van der Waals surface area (Å²) in [5, 5.41) is 3.10. The van der Waals surface area contributed by atoms with E-state index in [0.29, 0.717) is 5.92 Å². The molecular weight excluding hydrogens is 334 g/mol. The summed E-state index contributed by atoms with van der Waals surface area (Å²) in [6, 6.07) is 9.94. The second-order valence-corrected chi connectivity index (χ2v) is 8.01. The Bertz CT molecular complexity index is 738. The lowest BCUT2D eigenvalue weighted by Gasteiger charge is -2.13. The van der Waals surface area contributed by atoms with E-state index >= 15 is 0 Å². The Labute approximate surface area is 153 Å². The molecule has 0 saturated carbocycles. The van der Waals surface area contributed by atoms with Crippen LogP contribution in [0.2, 0.25) is 0 Å². The van der Waals surface area contributed by atoms with Crippen molar-refractivity contribution in [3.05, 3.63) is 35.2 Å². The molecule has 1 unspecified atom stereocenters. The molecular formula is C20H25NO3S. The van der Waals surface area contributed by atoms with Crippen molar-refractivity contribution in [3.8, 4) is 21.9 Å². The average Bonchev–Trinajstić information content (AvgIpc) is 3.23. The van der Waals surface area contributed by atoms with Gasteiger partial charge in [-0.05, 0) is 55.2 Å². The molecule has 1 aromatic heterocycles. The maximum absolute atomic E-state index is 12.4. The van der Waals surface area contributed by atoms with Crippen molar-refractivity contribution in [1.29, 1.82) is 0 Å². The van der Waals surface area contributed by atoms with E-state index in [0.717, 1.165) is 39.7 Å². The van der Waals surface area contributed by atoms with Crippen molar-refractivity contribution in [2.45, 2.75) is 46.1 Å². The number of fused-ring (bicyclic) bond motifs is 1. The lowest BCUT2D eigenvalue weighted by Crippen LogP contribution is -2.31. The summed E-state index contributed by atoms with van der Waals surface area (Å²) in [6.45, 7) is 6.80. The molecule has 1 aliphatic rings. The van der Waals surface area contributed by atoms with Crippen LogP contribution in [0.15, 0.2) is 30.3 Å². The van der Waals surface area contributed by atoms with Gasteiger partial charge >= 0.3 is 0 Å². The van der Waals surface area contributed by atoms with Crippen LogP contribution in [0.25, 0.3) is 10.4 Å². The molecule has 1 aliphatic heterocycles. The minimum absolute atomic E-state index is 0.00837. The van der Waals surface area contributed by atoms with Crippen LogP contribution in [-0.4, -0.2) is 18.7 Å². The zero-order valence-corrected chi connectivity index (χ0v) is 15.8. The van der Waals surface area contributed by atoms with Gasteiger partial charge in [-0.3, -0.25) is 4.79 Å². The van der Waals surface area contributed by atoms with Gasteiger partial charge in [-0.25, -0.2) is 0 Å². The molecule has 0 saturated heterocycles. The van der Waals surface area contributed by atoms with Crippen LogP contribution in [0.4, 0.5) is 0 Å². The molecule has 25 heavy (non-hydrogen) atoms. The van der Waals surface area contributed by atoms with Crippen LogP contribution in [-0.2, 0) is 0 Å². The number of benzene rings is 1. The Hall–Kier alpha value is -2.01. The van der Waals surface area contributed by atoms with Gasteiger partial charge in [-0.2, -0.15) is 0 Å². The van der Waals surface area contributed by atoms with Crippen molar-refractivity contribution in [2.75, 3.05) is 6.79 Å². The van der Waals surface area contributed by atoms with Crippen molar-refractivity contribution in [3.63, 3.8) is 0 Å². The molecule has 1 aromatic carbocycles. The van der Waals surface area contributed by atoms with E-state index in [-0.39, 0.29) is 18.7 Å². The summed E-state index contributed by atoms with van der Waals surface area (Å²) >= 11 is 1.50. The third-order valence-electron chi connectivity index (χ3n) is 4.28. The fraction of sp³-hybridized carbons (Fsp3) is 0.450. The van der Waals surface area contributed by atoms with Gasteiger partial charge in [0.05, 0.1) is 4.88 Å². The smallest absolute Gasteiger partial charge is 0.261 e. The number of rotatable bonds is 7. The number of carbonyl (C=O) groups is 1. The summed E-state index contributed by atoms with van der Waals surface area (Å²) in [5.41, 5.74) is 1.04. The number of hydrogen-bond acceptors (Lipinski definition) is 4. The molecule has 0 fully saturated rings. The Morgan fingerprint density at radius 3 is 2.72 bits per heavy atom. The molecule has 0 spiro atoms. The summed E-state index contributed by atoms with van der Waals surface area (Å²) in [6.07, 6.45) is 3.36. The molecule has 1 amide bonds. The summed E-state index contributed by atoms with van der Waals surface area (Å²) in [7, 11) is 0. The lowest BCUT2D eigenvalue weighted by atomic mass is 10.0. The lowest BCUT2D eigenvalue weighted by molar-refractivity contribution is 0.0942. The van der Waals surface area contributed by atoms with Gasteiger partial charge in [0.1, 0.15) is 0 Å². The third-order valence-corrected chi connectivity index (χ3v) is 5.42. The first-order valence-electron chi connectivity index (χ1n) is 8.83. The zero-order chi connectivity index (χ0) is 17.8. The normalized spacial score (nSPS) is 13.9. The molecule has 5 heteroatoms. The third kappa shape index (κ3) is 4.54. The quantitative estimate of drug-likeness (QED) is 0.749. The average molecular weight is 359 g/mol. The van der Waals surface area contributed by atoms with Crippen LogP contribution >= 0.6 is 11.3 Å². The first kappa shape index (κ1) is 17.8. The van der Waals surface area contributed by atoms with Gasteiger partial charge in [0.25, 0.3) is 5.91 Å². The highest BCUT2D eigenvalue weighted by molar-refractivity contribution is 7.17. The Morgan fingerprint density at radius 2 is 1.92 bits per heavy atom. The fourth-order valence-corrected chi connectivity index (χ4v) is 3.77. The first-order chi connectivity index (χ1) is 12.0. The maximum Gasteiger partial charge on any atom is 0.261 e. The van der Waals surface area contributed by atoms with E-state index in [1.54, 1.807) is 0 Å². The molecule has 3 rings (SSSR count). The number of amides is 1. The van der Waals surface area contributed by atoms with Crippen LogP contribution in [0, 0.1) is 5.92 Å². The second-order valence-electron chi connectivity index (χ2n) is 6.93. The Balaban J connectivity index is 1.60. The number of carbonyl (C=O) groups excluding carboxylic acids is 1. The predicted octanol–water partition coefficient (Wildman–Crippen LogP) is 5.09. The molecule has 0 aliphatic carbocycles. The maximum atomic E-state index is 12.4. The Kier molecular flexibility index (Phi) is 5.63. The highest BCUT2D eigenvalue weighted by Crippen LogP contribution is 2.37. The number of nitrogens with one attached hydrogen (secondary N) is 1. The van der Waals surface area contributed by atoms with E-state index < -0.39 is 0 Å². The SMILES string of the molecule is CC(C)CCCC(C)NC(=O)c1ccc(-c2ccc3c(c2)OCO3)s1. The summed E-state index contributed by atoms with van der Waals surface area (Å²) in [4.78, 5) is 14.2. The van der Waals surface area contributed by atoms with Crippen LogP contribution in [0.3, 0.4) is 0 Å². The molecule has 1 N–H and O–H groups in total. The van der Waals surface area contributed by atoms with E-state index in [1.807, 2.05) is 30.3 Å². The van der Waals surface area contributed by atoms with E-state index in [4.69, 9.17) is 9.47 Å². The monoisotopic (exact) mass is 359 g/mol. The van der Waals surface area contributed by atoms with Crippen LogP contribution in [0.5, 0.6) is 11.5 Å². The fourth-order valence-electron chi connectivity index (χ4n) is 2.86. The van der Waals surface area contributed by atoms with E-state index in [1.165, 1.54) is 17.8 Å². The van der Waals surface area contributed by atoms with Gasteiger partial charge in [0.2, 0.25) is 6.79 Å². The molecule has 2 heterocycles. The topological polar surface area (TPSA) is 47.6 Å². The minimum Gasteiger partial charge on any atom is -0.454 e. The molecule has 2 aromatic rings. The molecule has 0 bridgehead atoms. The summed E-state index contributed by atoms with van der Waals surface area (Å²) in [5.74, 6) is 2.25. The first-order valence-corrected chi connectivity index (χ1v) is 9.65. The van der Waals surface area contributed by atoms with Gasteiger partial charge in [0, 0.05) is 10.9 Å². The van der Waals surface area contributed by atoms with Crippen LogP contribution in [0.1, 0.15) is 49.7 Å². The molecule has 1 atom stereocenters. The van der Waals surface area contributed by atoms with E-state index in [9.17, 15) is 4.79 Å². The largest absolute Gasteiger partial charge is 0.454 e. The van der Waals surface area contributed by atoms with Gasteiger partial charge in [0.15, 0.2) is 11.5 Å². The number of hydrogen-bond donors (Lipinski definition) is 1. The van der Waals surface area contributed by atoms with Crippen molar-refractivity contribution < 1.29 is 14.3 Å². The highest BCUT2D eigenvalue weighted by Gasteiger charge is 2.16. The van der Waals surface area contributed by atoms with Gasteiger partial charge in [-0.15, -0.1) is 11.3 Å². The van der Waals surface area contributed by atoms with Crippen LogP contribution < -0.4 is 14.8 Å². The van der Waals surface area contributed by atoms with Gasteiger partial charge in [-0.1, -0.05) is 26.7 Å². The van der Waals surface area contributed by atoms with Gasteiger partial charge < -0.3 is 14.8 Å². The molecule has 134 valence electrons. The highest BCUT2D eigenvalue weighted by atomic mass is 32.1. The predicted molar refractivity (Wildman–Crippen MR) is 101 cm³/mol. The molecule has 4 nitrogen and oxygen atoms in total. The molecule has 0 radical (unpaired) electrons. The Morgan fingerprint density at radius 1 is 1.12 bits per heavy atom. The van der Waals surface area contributed by atoms with Crippen molar-refractivity contribution in [2.24, 2.45) is 5.92 Å². The number of ether oxygens (including phenoxy) is 2. The minimum atomic E-state index is 0.00837. The van der Waals surface area contributed by atoms with E-state index in [2.05, 4.69) is 26.1 Å². The second kappa shape index (κ2) is 7.91. The number of thiophene rings is 1. The van der Waals surface area contributed by atoms with Crippen molar-refractivity contribution >= 4 is 17.2 Å². The standard InChI is InChI=1S/C20H25NO3S/c1-13(2)5-4-6-14(3)21-20(22)19-10-9-18(25-19)15-7-8-16-17(11-15)24-12-23-16/h7-11,13-14H,4-6,12H2,1-3H3,(H,21,22).